The van der Waals surface area contributed by atoms with Gasteiger partial charge in [-0.25, -0.2) is 4.68 Å². The van der Waals surface area contributed by atoms with Gasteiger partial charge in [-0.3, -0.25) is 9.59 Å². The van der Waals surface area contributed by atoms with Gasteiger partial charge in [0.25, 0.3) is 11.5 Å². The van der Waals surface area contributed by atoms with Gasteiger partial charge in [-0.2, -0.15) is 5.10 Å². The SMILES string of the molecule is O=C(c1cccc2[nH]ccc12)N1CCCC1Cn1nc2c(cc1=O)CCC2. The maximum absolute atomic E-state index is 13.2. The Hall–Kier alpha value is -2.89. The van der Waals surface area contributed by atoms with Gasteiger partial charge >= 0.3 is 0 Å². The third kappa shape index (κ3) is 2.76. The molecule has 0 radical (unpaired) electrons. The normalized spacial score (nSPS) is 19.0. The number of aromatic amines is 1. The monoisotopic (exact) mass is 362 g/mol. The molecule has 1 saturated heterocycles. The van der Waals surface area contributed by atoms with Gasteiger partial charge in [0.1, 0.15) is 0 Å². The van der Waals surface area contributed by atoms with Gasteiger partial charge in [0.2, 0.25) is 0 Å². The number of likely N-dealkylation sites (tertiary alicyclic amines) is 1. The summed E-state index contributed by atoms with van der Waals surface area (Å²) >= 11 is 0. The van der Waals surface area contributed by atoms with E-state index in [4.69, 9.17) is 0 Å². The minimum absolute atomic E-state index is 0.0105. The van der Waals surface area contributed by atoms with E-state index < -0.39 is 0 Å². The molecule has 27 heavy (non-hydrogen) atoms. The lowest BCUT2D eigenvalue weighted by atomic mass is 10.1. The molecule has 5 rings (SSSR count). The number of nitrogens with zero attached hydrogens (tertiary/aromatic N) is 3. The topological polar surface area (TPSA) is 71.0 Å². The summed E-state index contributed by atoms with van der Waals surface area (Å²) in [4.78, 5) is 30.8. The zero-order chi connectivity index (χ0) is 18.4. The summed E-state index contributed by atoms with van der Waals surface area (Å²) in [6.45, 7) is 1.20. The van der Waals surface area contributed by atoms with Crippen LogP contribution in [0.5, 0.6) is 0 Å². The number of rotatable bonds is 3. The first kappa shape index (κ1) is 16.3. The van der Waals surface area contributed by atoms with Crippen LogP contribution < -0.4 is 5.56 Å². The van der Waals surface area contributed by atoms with Crippen LogP contribution in [0.4, 0.5) is 0 Å². The molecule has 3 aromatic rings. The van der Waals surface area contributed by atoms with Crippen LogP contribution in [0.1, 0.15) is 40.9 Å². The fourth-order valence-corrected chi connectivity index (χ4v) is 4.49. The number of H-pyrrole nitrogens is 1. The standard InChI is InChI=1S/C21H22N4O2/c26-20-12-14-4-1-7-18(14)23-25(20)13-15-5-3-11-24(15)21(27)17-6-2-8-19-16(17)9-10-22-19/h2,6,8-10,12,15,22H,1,3-5,7,11,13H2. The number of amides is 1. The molecule has 2 aliphatic rings. The van der Waals surface area contributed by atoms with E-state index in [9.17, 15) is 9.59 Å². The molecule has 138 valence electrons. The van der Waals surface area contributed by atoms with Crippen molar-refractivity contribution in [2.24, 2.45) is 0 Å². The Morgan fingerprint density at radius 3 is 3.07 bits per heavy atom. The van der Waals surface area contributed by atoms with Crippen LogP contribution >= 0.6 is 0 Å². The second-order valence-corrected chi connectivity index (χ2v) is 7.53. The van der Waals surface area contributed by atoms with Crippen LogP contribution in [0, 0.1) is 0 Å². The predicted octanol–water partition coefficient (Wildman–Crippen LogP) is 2.52. The van der Waals surface area contributed by atoms with Crippen molar-refractivity contribution in [3.8, 4) is 0 Å². The van der Waals surface area contributed by atoms with E-state index in [-0.39, 0.29) is 17.5 Å². The van der Waals surface area contributed by atoms with Crippen molar-refractivity contribution < 1.29 is 4.79 Å². The van der Waals surface area contributed by atoms with Crippen molar-refractivity contribution >= 4 is 16.8 Å². The van der Waals surface area contributed by atoms with Crippen molar-refractivity contribution in [2.45, 2.75) is 44.7 Å². The molecule has 1 fully saturated rings. The first-order chi connectivity index (χ1) is 13.2. The third-order valence-electron chi connectivity index (χ3n) is 5.87. The van der Waals surface area contributed by atoms with Crippen LogP contribution in [0.25, 0.3) is 10.9 Å². The first-order valence-corrected chi connectivity index (χ1v) is 9.68. The second-order valence-electron chi connectivity index (χ2n) is 7.53. The Balaban J connectivity index is 1.43. The fraction of sp³-hybridized carbons (Fsp3) is 0.381. The van der Waals surface area contributed by atoms with Gasteiger partial charge in [0, 0.05) is 35.3 Å². The van der Waals surface area contributed by atoms with Gasteiger partial charge in [0.15, 0.2) is 0 Å². The Morgan fingerprint density at radius 1 is 1.22 bits per heavy atom. The molecular formula is C21H22N4O2. The Labute approximate surface area is 156 Å². The molecule has 1 atom stereocenters. The minimum Gasteiger partial charge on any atom is -0.361 e. The molecule has 6 nitrogen and oxygen atoms in total. The number of fused-ring (bicyclic) bond motifs is 2. The molecular weight excluding hydrogens is 340 g/mol. The van der Waals surface area contributed by atoms with Gasteiger partial charge in [-0.1, -0.05) is 6.07 Å². The van der Waals surface area contributed by atoms with Crippen LogP contribution in [0.3, 0.4) is 0 Å². The van der Waals surface area contributed by atoms with Gasteiger partial charge in [-0.15, -0.1) is 0 Å². The van der Waals surface area contributed by atoms with E-state index in [1.807, 2.05) is 35.4 Å². The molecule has 1 aromatic carbocycles. The quantitative estimate of drug-likeness (QED) is 0.778. The molecule has 1 aliphatic heterocycles. The highest BCUT2D eigenvalue weighted by atomic mass is 16.2. The van der Waals surface area contributed by atoms with Crippen LogP contribution in [-0.4, -0.2) is 38.2 Å². The largest absolute Gasteiger partial charge is 0.361 e. The Morgan fingerprint density at radius 2 is 2.15 bits per heavy atom. The van der Waals surface area contributed by atoms with Crippen molar-refractivity contribution in [3.05, 3.63) is 63.7 Å². The summed E-state index contributed by atoms with van der Waals surface area (Å²) < 4.78 is 1.57. The summed E-state index contributed by atoms with van der Waals surface area (Å²) in [5.74, 6) is 0.0388. The summed E-state index contributed by atoms with van der Waals surface area (Å²) in [6.07, 6.45) is 6.68. The van der Waals surface area contributed by atoms with Crippen molar-refractivity contribution in [2.75, 3.05) is 6.54 Å². The average molecular weight is 362 g/mol. The molecule has 1 N–H and O–H groups in total. The summed E-state index contributed by atoms with van der Waals surface area (Å²) in [6, 6.07) is 9.45. The lowest BCUT2D eigenvalue weighted by Gasteiger charge is -2.25. The summed E-state index contributed by atoms with van der Waals surface area (Å²) in [5.41, 5.74) is 3.77. The lowest BCUT2D eigenvalue weighted by molar-refractivity contribution is 0.0722. The second kappa shape index (κ2) is 6.37. The number of aromatic nitrogens is 3. The van der Waals surface area contributed by atoms with E-state index in [1.54, 1.807) is 10.7 Å². The summed E-state index contributed by atoms with van der Waals surface area (Å²) in [5, 5.41) is 5.53. The molecule has 3 heterocycles. The maximum atomic E-state index is 13.2. The molecule has 1 aliphatic carbocycles. The van der Waals surface area contributed by atoms with E-state index in [0.29, 0.717) is 6.54 Å². The highest BCUT2D eigenvalue weighted by molar-refractivity contribution is 6.06. The van der Waals surface area contributed by atoms with Gasteiger partial charge < -0.3 is 9.88 Å². The van der Waals surface area contributed by atoms with E-state index in [1.165, 1.54) is 0 Å². The van der Waals surface area contributed by atoms with Crippen molar-refractivity contribution in [3.63, 3.8) is 0 Å². The summed E-state index contributed by atoms with van der Waals surface area (Å²) in [7, 11) is 0. The van der Waals surface area contributed by atoms with Gasteiger partial charge in [-0.05, 0) is 55.9 Å². The number of hydrogen-bond acceptors (Lipinski definition) is 3. The van der Waals surface area contributed by atoms with E-state index in [0.717, 1.165) is 66.4 Å². The molecule has 0 bridgehead atoms. The molecule has 0 spiro atoms. The number of aryl methyl sites for hydroxylation is 2. The third-order valence-corrected chi connectivity index (χ3v) is 5.87. The molecule has 1 amide bonds. The number of carbonyl (C=O) groups is 1. The minimum atomic E-state index is -0.0531. The zero-order valence-electron chi connectivity index (χ0n) is 15.1. The maximum Gasteiger partial charge on any atom is 0.267 e. The van der Waals surface area contributed by atoms with E-state index >= 15 is 0 Å². The highest BCUT2D eigenvalue weighted by Gasteiger charge is 2.31. The van der Waals surface area contributed by atoms with E-state index in [2.05, 4.69) is 10.1 Å². The van der Waals surface area contributed by atoms with Crippen molar-refractivity contribution in [1.29, 1.82) is 0 Å². The van der Waals surface area contributed by atoms with Gasteiger partial charge in [0.05, 0.1) is 18.3 Å². The first-order valence-electron chi connectivity index (χ1n) is 9.68. The number of carbonyl (C=O) groups excluding carboxylic acids is 1. The molecule has 0 saturated carbocycles. The molecule has 1 unspecified atom stereocenters. The molecule has 6 heteroatoms. The number of benzene rings is 1. The molecule has 2 aromatic heterocycles. The Kier molecular flexibility index (Phi) is 3.85. The number of nitrogens with one attached hydrogen (secondary N) is 1. The van der Waals surface area contributed by atoms with Crippen LogP contribution in [-0.2, 0) is 19.4 Å². The van der Waals surface area contributed by atoms with Crippen LogP contribution in [0.2, 0.25) is 0 Å². The predicted molar refractivity (Wildman–Crippen MR) is 103 cm³/mol. The van der Waals surface area contributed by atoms with Crippen LogP contribution in [0.15, 0.2) is 41.3 Å². The number of hydrogen-bond donors (Lipinski definition) is 1. The van der Waals surface area contributed by atoms with Crippen molar-refractivity contribution in [1.82, 2.24) is 19.7 Å². The fourth-order valence-electron chi connectivity index (χ4n) is 4.49. The lowest BCUT2D eigenvalue weighted by Crippen LogP contribution is -2.40. The smallest absolute Gasteiger partial charge is 0.267 e. The highest BCUT2D eigenvalue weighted by Crippen LogP contribution is 2.25. The zero-order valence-corrected chi connectivity index (χ0v) is 15.1. The Bertz CT molecular complexity index is 1080. The average Bonchev–Trinajstić information content (AvgIpc) is 3.41.